The Bertz CT molecular complexity index is 346. The van der Waals surface area contributed by atoms with Crippen molar-refractivity contribution in [2.75, 3.05) is 0 Å². The number of hydrogen-bond acceptors (Lipinski definition) is 2. The molecule has 0 aromatic carbocycles. The number of ketones is 1. The highest BCUT2D eigenvalue weighted by atomic mass is 16.1. The molecule has 0 aliphatic rings. The molecule has 0 aliphatic heterocycles. The fourth-order valence-corrected chi connectivity index (χ4v) is 1.47. The molecule has 0 spiro atoms. The van der Waals surface area contributed by atoms with Crippen molar-refractivity contribution in [3.63, 3.8) is 0 Å². The Labute approximate surface area is 98.1 Å². The van der Waals surface area contributed by atoms with E-state index in [-0.39, 0.29) is 5.41 Å². The third-order valence-corrected chi connectivity index (χ3v) is 2.68. The summed E-state index contributed by atoms with van der Waals surface area (Å²) in [7, 11) is 0. The smallest absolute Gasteiger partial charge is 0.138 e. The topological polar surface area (TPSA) is 30.0 Å². The Hall–Kier alpha value is -1.18. The molecule has 1 aromatic heterocycles. The molecule has 0 N–H and O–H groups in total. The van der Waals surface area contributed by atoms with Crippen molar-refractivity contribution >= 4 is 5.78 Å². The maximum absolute atomic E-state index is 11.7. The molecule has 0 atom stereocenters. The number of Topliss-reactive ketones (excluding diaryl/α,β-unsaturated/α-hetero) is 1. The molecule has 2 heteroatoms. The van der Waals surface area contributed by atoms with Gasteiger partial charge in [0.15, 0.2) is 0 Å². The van der Waals surface area contributed by atoms with Crippen LogP contribution in [-0.4, -0.2) is 10.8 Å². The Morgan fingerprint density at radius 3 is 2.50 bits per heavy atom. The molecule has 0 saturated carbocycles. The summed E-state index contributed by atoms with van der Waals surface area (Å²) in [4.78, 5) is 15.9. The zero-order chi connectivity index (χ0) is 12.2. The average Bonchev–Trinajstić information content (AvgIpc) is 2.19. The second-order valence-electron chi connectivity index (χ2n) is 5.33. The summed E-state index contributed by atoms with van der Waals surface area (Å²) in [6.07, 6.45) is 4.42. The van der Waals surface area contributed by atoms with Crippen LogP contribution in [0.25, 0.3) is 0 Å². The van der Waals surface area contributed by atoms with Crippen LogP contribution < -0.4 is 0 Å². The van der Waals surface area contributed by atoms with Crippen molar-refractivity contribution in [2.45, 2.75) is 47.0 Å². The van der Waals surface area contributed by atoms with Crippen LogP contribution in [0.3, 0.4) is 0 Å². The van der Waals surface area contributed by atoms with Gasteiger partial charge in [0.05, 0.1) is 0 Å². The van der Waals surface area contributed by atoms with Gasteiger partial charge in [-0.15, -0.1) is 0 Å². The van der Waals surface area contributed by atoms with Crippen LogP contribution in [0.1, 0.15) is 44.9 Å². The van der Waals surface area contributed by atoms with E-state index in [2.05, 4.69) is 11.1 Å². The van der Waals surface area contributed by atoms with Crippen molar-refractivity contribution in [3.05, 3.63) is 29.6 Å². The molecular formula is C14H21NO. The molecule has 1 aromatic rings. The van der Waals surface area contributed by atoms with Gasteiger partial charge in [-0.05, 0) is 31.4 Å². The molecule has 0 bridgehead atoms. The van der Waals surface area contributed by atoms with E-state index >= 15 is 0 Å². The van der Waals surface area contributed by atoms with Crippen LogP contribution in [-0.2, 0) is 11.2 Å². The number of carbonyl (C=O) groups is 1. The number of hydrogen-bond donors (Lipinski definition) is 0. The molecule has 1 rings (SSSR count). The normalized spacial score (nSPS) is 11.5. The van der Waals surface area contributed by atoms with Crippen molar-refractivity contribution < 1.29 is 4.79 Å². The molecule has 0 fully saturated rings. The van der Waals surface area contributed by atoms with Crippen molar-refractivity contribution in [1.29, 1.82) is 0 Å². The van der Waals surface area contributed by atoms with Crippen LogP contribution in [0.15, 0.2) is 18.3 Å². The molecule has 0 unspecified atom stereocenters. The van der Waals surface area contributed by atoms with Crippen LogP contribution in [0.4, 0.5) is 0 Å². The Morgan fingerprint density at radius 1 is 1.31 bits per heavy atom. The Kier molecular flexibility index (Phi) is 4.22. The van der Waals surface area contributed by atoms with Gasteiger partial charge in [-0.3, -0.25) is 9.78 Å². The number of aromatic nitrogens is 1. The molecule has 16 heavy (non-hydrogen) atoms. The first-order valence-electron chi connectivity index (χ1n) is 5.84. The van der Waals surface area contributed by atoms with E-state index in [9.17, 15) is 4.79 Å². The summed E-state index contributed by atoms with van der Waals surface area (Å²) in [5, 5.41) is 0. The van der Waals surface area contributed by atoms with Gasteiger partial charge in [0, 0.05) is 23.7 Å². The highest BCUT2D eigenvalue weighted by Crippen LogP contribution is 2.18. The maximum Gasteiger partial charge on any atom is 0.138 e. The van der Waals surface area contributed by atoms with Crippen LogP contribution in [0, 0.1) is 12.3 Å². The monoisotopic (exact) mass is 219 g/mol. The minimum Gasteiger partial charge on any atom is -0.299 e. The second-order valence-corrected chi connectivity index (χ2v) is 5.33. The Balaban J connectivity index is 2.36. The van der Waals surface area contributed by atoms with E-state index in [0.29, 0.717) is 12.2 Å². The zero-order valence-electron chi connectivity index (χ0n) is 10.7. The summed E-state index contributed by atoms with van der Waals surface area (Å²) in [5.41, 5.74) is 2.05. The zero-order valence-corrected chi connectivity index (χ0v) is 10.7. The third kappa shape index (κ3) is 4.13. The summed E-state index contributed by atoms with van der Waals surface area (Å²) in [6.45, 7) is 7.90. The van der Waals surface area contributed by atoms with Gasteiger partial charge in [-0.1, -0.05) is 26.8 Å². The van der Waals surface area contributed by atoms with Gasteiger partial charge < -0.3 is 0 Å². The van der Waals surface area contributed by atoms with Crippen molar-refractivity contribution in [3.8, 4) is 0 Å². The van der Waals surface area contributed by atoms with Gasteiger partial charge >= 0.3 is 0 Å². The lowest BCUT2D eigenvalue weighted by Gasteiger charge is -2.16. The van der Waals surface area contributed by atoms with Crippen LogP contribution >= 0.6 is 0 Å². The molecule has 88 valence electrons. The molecule has 1 heterocycles. The standard InChI is InChI=1S/C14H21NO/c1-11-8-9-12(10-15-11)6-5-7-13(16)14(2,3)4/h8-10H,5-7H2,1-4H3. The van der Waals surface area contributed by atoms with Crippen LogP contribution in [0.5, 0.6) is 0 Å². The maximum atomic E-state index is 11.7. The third-order valence-electron chi connectivity index (χ3n) is 2.68. The molecule has 0 aliphatic carbocycles. The number of pyridine rings is 1. The van der Waals surface area contributed by atoms with Crippen molar-refractivity contribution in [2.24, 2.45) is 5.41 Å². The number of aryl methyl sites for hydroxylation is 2. The van der Waals surface area contributed by atoms with Crippen molar-refractivity contribution in [1.82, 2.24) is 4.98 Å². The lowest BCUT2D eigenvalue weighted by molar-refractivity contribution is -0.126. The first-order valence-corrected chi connectivity index (χ1v) is 5.84. The first-order chi connectivity index (χ1) is 7.39. The predicted octanol–water partition coefficient (Wildman–Crippen LogP) is 3.33. The van der Waals surface area contributed by atoms with Gasteiger partial charge in [0.25, 0.3) is 0 Å². The summed E-state index contributed by atoms with van der Waals surface area (Å²) in [5.74, 6) is 0.340. The van der Waals surface area contributed by atoms with E-state index in [4.69, 9.17) is 0 Å². The van der Waals surface area contributed by atoms with E-state index in [1.165, 1.54) is 5.56 Å². The van der Waals surface area contributed by atoms with Gasteiger partial charge in [-0.2, -0.15) is 0 Å². The SMILES string of the molecule is Cc1ccc(CCCC(=O)C(C)(C)C)cn1. The van der Waals surface area contributed by atoms with Gasteiger partial charge in [0.2, 0.25) is 0 Å². The van der Waals surface area contributed by atoms with Crippen LogP contribution in [0.2, 0.25) is 0 Å². The van der Waals surface area contributed by atoms with Gasteiger partial charge in [0.1, 0.15) is 5.78 Å². The fraction of sp³-hybridized carbons (Fsp3) is 0.571. The quantitative estimate of drug-likeness (QED) is 0.777. The molecular weight excluding hydrogens is 198 g/mol. The molecule has 2 nitrogen and oxygen atoms in total. The fourth-order valence-electron chi connectivity index (χ4n) is 1.47. The van der Waals surface area contributed by atoms with E-state index in [1.54, 1.807) is 0 Å². The number of nitrogens with zero attached hydrogens (tertiary/aromatic N) is 1. The minimum absolute atomic E-state index is 0.203. The molecule has 0 radical (unpaired) electrons. The first kappa shape index (κ1) is 12.9. The number of carbonyl (C=O) groups excluding carboxylic acids is 1. The minimum atomic E-state index is -0.203. The average molecular weight is 219 g/mol. The molecule has 0 amide bonds. The van der Waals surface area contributed by atoms with E-state index < -0.39 is 0 Å². The predicted molar refractivity (Wildman–Crippen MR) is 66.4 cm³/mol. The van der Waals surface area contributed by atoms with Gasteiger partial charge in [-0.25, -0.2) is 0 Å². The second kappa shape index (κ2) is 5.24. The highest BCUT2D eigenvalue weighted by Gasteiger charge is 2.19. The summed E-state index contributed by atoms with van der Waals surface area (Å²) in [6, 6.07) is 4.10. The number of rotatable bonds is 4. The highest BCUT2D eigenvalue weighted by molar-refractivity contribution is 5.83. The largest absolute Gasteiger partial charge is 0.299 e. The Morgan fingerprint density at radius 2 is 2.00 bits per heavy atom. The summed E-state index contributed by atoms with van der Waals surface area (Å²) >= 11 is 0. The lowest BCUT2D eigenvalue weighted by atomic mass is 9.87. The summed E-state index contributed by atoms with van der Waals surface area (Å²) < 4.78 is 0. The lowest BCUT2D eigenvalue weighted by Crippen LogP contribution is -2.19. The van der Waals surface area contributed by atoms with E-state index in [1.807, 2.05) is 40.0 Å². The van der Waals surface area contributed by atoms with E-state index in [0.717, 1.165) is 18.5 Å². The molecule has 0 saturated heterocycles.